The van der Waals surface area contributed by atoms with Gasteiger partial charge >= 0.3 is 0 Å². The van der Waals surface area contributed by atoms with Crippen LogP contribution in [0.5, 0.6) is 5.75 Å². The molecule has 33 heavy (non-hydrogen) atoms. The molecule has 0 aliphatic carbocycles. The maximum atomic E-state index is 13.5. The van der Waals surface area contributed by atoms with Crippen molar-refractivity contribution in [3.8, 4) is 5.75 Å². The molecule has 0 spiro atoms. The Morgan fingerprint density at radius 1 is 1.27 bits per heavy atom. The number of fused-ring (bicyclic) bond motifs is 3. The van der Waals surface area contributed by atoms with Crippen molar-refractivity contribution in [3.05, 3.63) is 53.0 Å². The first-order valence-corrected chi connectivity index (χ1v) is 12.1. The predicted molar refractivity (Wildman–Crippen MR) is 128 cm³/mol. The second-order valence-corrected chi connectivity index (χ2v) is 9.96. The fraction of sp³-hybridized carbons (Fsp3) is 0.462. The highest BCUT2D eigenvalue weighted by atomic mass is 32.1. The van der Waals surface area contributed by atoms with Crippen LogP contribution < -0.4 is 4.74 Å². The molecule has 5 nitrogen and oxygen atoms in total. The van der Waals surface area contributed by atoms with E-state index in [1.807, 2.05) is 13.0 Å². The van der Waals surface area contributed by atoms with Gasteiger partial charge in [-0.25, -0.2) is 4.39 Å². The molecule has 0 amide bonds. The second-order valence-electron chi connectivity index (χ2n) is 9.51. The van der Waals surface area contributed by atoms with Crippen LogP contribution in [-0.4, -0.2) is 40.6 Å². The molecule has 3 aromatic rings. The van der Waals surface area contributed by atoms with Crippen LogP contribution in [0.1, 0.15) is 67.1 Å². The van der Waals surface area contributed by atoms with E-state index in [-0.39, 0.29) is 17.6 Å². The highest BCUT2D eigenvalue weighted by Gasteiger charge is 2.44. The average Bonchev–Trinajstić information content (AvgIpc) is 3.31. The Kier molecular flexibility index (Phi) is 5.95. The number of hydrogen-bond acceptors (Lipinski definition) is 6. The number of benzene rings is 2. The number of halogens is 1. The molecule has 1 aromatic heterocycles. The number of piperidine rings is 1. The maximum Gasteiger partial charge on any atom is 0.170 e. The van der Waals surface area contributed by atoms with E-state index in [0.29, 0.717) is 40.7 Å². The van der Waals surface area contributed by atoms with Gasteiger partial charge in [0.1, 0.15) is 18.2 Å². The van der Waals surface area contributed by atoms with Crippen LogP contribution in [0.25, 0.3) is 11.0 Å². The first-order chi connectivity index (χ1) is 15.8. The van der Waals surface area contributed by atoms with Gasteiger partial charge in [0.05, 0.1) is 5.69 Å². The second kappa shape index (κ2) is 8.76. The number of carbonyl (C=O) groups excluding carboxylic acids is 1. The van der Waals surface area contributed by atoms with E-state index in [0.717, 1.165) is 35.2 Å². The number of rotatable bonds is 6. The van der Waals surface area contributed by atoms with Crippen LogP contribution in [0.2, 0.25) is 0 Å². The minimum atomic E-state index is -0.301. The zero-order valence-electron chi connectivity index (χ0n) is 19.2. The van der Waals surface area contributed by atoms with Crippen molar-refractivity contribution in [3.63, 3.8) is 0 Å². The van der Waals surface area contributed by atoms with Gasteiger partial charge < -0.3 is 9.26 Å². The van der Waals surface area contributed by atoms with Crippen molar-refractivity contribution in [1.29, 1.82) is 0 Å². The molecule has 2 fully saturated rings. The average molecular weight is 469 g/mol. The van der Waals surface area contributed by atoms with Crippen molar-refractivity contribution in [2.24, 2.45) is 0 Å². The number of nitrogens with zero attached hydrogens (tertiary/aromatic N) is 2. The highest BCUT2D eigenvalue weighted by Crippen LogP contribution is 2.45. The first kappa shape index (κ1) is 22.4. The smallest absolute Gasteiger partial charge is 0.170 e. The molecule has 2 bridgehead atoms. The molecular weight excluding hydrogens is 439 g/mol. The molecule has 2 aliphatic rings. The number of ketones is 1. The molecule has 0 N–H and O–H groups in total. The monoisotopic (exact) mass is 468 g/mol. The Bertz CT molecular complexity index is 1200. The largest absolute Gasteiger partial charge is 0.492 e. The number of ether oxygens (including phenoxy) is 1. The number of hydrogen-bond donors (Lipinski definition) is 1. The molecule has 3 atom stereocenters. The van der Waals surface area contributed by atoms with E-state index in [4.69, 9.17) is 9.26 Å². The predicted octanol–water partition coefficient (Wildman–Crippen LogP) is 5.94. The minimum absolute atomic E-state index is 0.00693. The van der Waals surface area contributed by atoms with E-state index in [1.54, 1.807) is 19.1 Å². The van der Waals surface area contributed by atoms with Gasteiger partial charge in [-0.15, -0.1) is 12.6 Å². The third-order valence-corrected chi connectivity index (χ3v) is 7.96. The molecule has 2 aromatic carbocycles. The third-order valence-electron chi connectivity index (χ3n) is 7.39. The van der Waals surface area contributed by atoms with Crippen LogP contribution in [0, 0.1) is 12.7 Å². The Morgan fingerprint density at radius 3 is 2.70 bits per heavy atom. The van der Waals surface area contributed by atoms with Crippen LogP contribution in [0.3, 0.4) is 0 Å². The summed E-state index contributed by atoms with van der Waals surface area (Å²) in [6.07, 6.45) is 4.38. The summed E-state index contributed by atoms with van der Waals surface area (Å²) in [6.45, 7) is 6.30. The number of thiol groups is 1. The molecule has 0 radical (unpaired) electrons. The topological polar surface area (TPSA) is 55.6 Å². The quantitative estimate of drug-likeness (QED) is 0.358. The first-order valence-electron chi connectivity index (χ1n) is 11.6. The summed E-state index contributed by atoms with van der Waals surface area (Å²) < 4.78 is 25.2. The summed E-state index contributed by atoms with van der Waals surface area (Å²) in [7, 11) is 0. The molecule has 3 heterocycles. The van der Waals surface area contributed by atoms with Crippen LogP contribution in [0.15, 0.2) is 39.8 Å². The summed E-state index contributed by atoms with van der Waals surface area (Å²) in [6, 6.07) is 9.56. The number of Topliss-reactive ketones (excluding diaryl/α,β-unsaturated/α-hetero) is 1. The summed E-state index contributed by atoms with van der Waals surface area (Å²) in [4.78, 5) is 15.1. The van der Waals surface area contributed by atoms with Crippen molar-refractivity contribution in [2.45, 2.75) is 75.4 Å². The van der Waals surface area contributed by atoms with Gasteiger partial charge in [-0.2, -0.15) is 0 Å². The minimum Gasteiger partial charge on any atom is -0.492 e. The van der Waals surface area contributed by atoms with Gasteiger partial charge in [-0.3, -0.25) is 9.69 Å². The van der Waals surface area contributed by atoms with Gasteiger partial charge in [0, 0.05) is 51.5 Å². The molecular formula is C26H29FN2O3S. The lowest BCUT2D eigenvalue weighted by Gasteiger charge is -2.42. The van der Waals surface area contributed by atoms with Crippen molar-refractivity contribution < 1.29 is 18.4 Å². The molecule has 174 valence electrons. The lowest BCUT2D eigenvalue weighted by atomic mass is 9.86. The zero-order valence-corrected chi connectivity index (χ0v) is 20.1. The SMILES string of the molecule is CC(=O)c1ccc(OCC(C)N2C3CCC2CC(c2noc4cc(F)ccc24)C3)c(C)c1S. The molecule has 3 unspecified atom stereocenters. The van der Waals surface area contributed by atoms with Crippen molar-refractivity contribution in [1.82, 2.24) is 10.1 Å². The fourth-order valence-electron chi connectivity index (χ4n) is 5.80. The van der Waals surface area contributed by atoms with Crippen LogP contribution in [0.4, 0.5) is 4.39 Å². The Hall–Kier alpha value is -2.38. The normalized spacial score (nSPS) is 23.7. The standard InChI is InChI=1S/C26H29FN2O3S/c1-14(13-31-23-9-8-21(16(3)30)26(33)15(23)2)29-19-5-6-20(29)11-17(10-19)25-22-7-4-18(27)12-24(22)32-28-25/h4,7-9,12,14,17,19-20,33H,5-6,10-11,13H2,1-3H3. The molecule has 2 aliphatic heterocycles. The Balaban J connectivity index is 1.27. The summed E-state index contributed by atoms with van der Waals surface area (Å²) >= 11 is 4.53. The fourth-order valence-corrected chi connectivity index (χ4v) is 6.14. The van der Waals surface area contributed by atoms with Gasteiger partial charge in [0.2, 0.25) is 0 Å². The number of carbonyl (C=O) groups is 1. The molecule has 7 heteroatoms. The lowest BCUT2D eigenvalue weighted by Crippen LogP contribution is -2.49. The third kappa shape index (κ3) is 4.06. The van der Waals surface area contributed by atoms with Crippen LogP contribution in [-0.2, 0) is 0 Å². The van der Waals surface area contributed by atoms with E-state index >= 15 is 0 Å². The van der Waals surface area contributed by atoms with Crippen molar-refractivity contribution in [2.75, 3.05) is 6.61 Å². The Morgan fingerprint density at radius 2 is 2.00 bits per heavy atom. The summed E-state index contributed by atoms with van der Waals surface area (Å²) in [5, 5.41) is 5.25. The molecule has 0 saturated carbocycles. The van der Waals surface area contributed by atoms with Gasteiger partial charge in [-0.05, 0) is 70.7 Å². The summed E-state index contributed by atoms with van der Waals surface area (Å²) in [5.41, 5.74) is 3.01. The van der Waals surface area contributed by atoms with Gasteiger partial charge in [-0.1, -0.05) is 5.16 Å². The van der Waals surface area contributed by atoms with E-state index in [2.05, 4.69) is 29.6 Å². The van der Waals surface area contributed by atoms with Crippen LogP contribution >= 0.6 is 12.6 Å². The van der Waals surface area contributed by atoms with E-state index in [1.165, 1.54) is 25.0 Å². The zero-order chi connectivity index (χ0) is 23.3. The van der Waals surface area contributed by atoms with Crippen molar-refractivity contribution >= 4 is 29.4 Å². The van der Waals surface area contributed by atoms with E-state index < -0.39 is 0 Å². The summed E-state index contributed by atoms with van der Waals surface area (Å²) in [5.74, 6) is 0.810. The molecule has 5 rings (SSSR count). The molecule has 2 saturated heterocycles. The van der Waals surface area contributed by atoms with Gasteiger partial charge in [0.15, 0.2) is 11.4 Å². The van der Waals surface area contributed by atoms with E-state index in [9.17, 15) is 9.18 Å². The van der Waals surface area contributed by atoms with Gasteiger partial charge in [0.25, 0.3) is 0 Å². The highest BCUT2D eigenvalue weighted by molar-refractivity contribution is 7.80. The Labute approximate surface area is 198 Å². The lowest BCUT2D eigenvalue weighted by molar-refractivity contribution is 0.0570. The maximum absolute atomic E-state index is 13.5. The number of aromatic nitrogens is 1.